The number of aliphatic hydroxyl groups excluding tert-OH is 1. The molecule has 0 radical (unpaired) electrons. The molecule has 0 aliphatic carbocycles. The fourth-order valence-corrected chi connectivity index (χ4v) is 1.58. The van der Waals surface area contributed by atoms with E-state index in [0.29, 0.717) is 24.5 Å². The van der Waals surface area contributed by atoms with Crippen LogP contribution in [0.15, 0.2) is 18.2 Å². The molecule has 1 N–H and O–H groups in total. The van der Waals surface area contributed by atoms with Crippen molar-refractivity contribution in [2.24, 2.45) is 0 Å². The number of benzene rings is 1. The van der Waals surface area contributed by atoms with Crippen LogP contribution in [0.1, 0.15) is 12.0 Å². The minimum absolute atomic E-state index is 0.00153. The van der Waals surface area contributed by atoms with Crippen molar-refractivity contribution in [3.8, 4) is 5.75 Å². The second kappa shape index (κ2) is 4.59. The predicted octanol–water partition coefficient (Wildman–Crippen LogP) is 1.49. The summed E-state index contributed by atoms with van der Waals surface area (Å²) in [5.74, 6) is 0.0602. The molecule has 1 aromatic rings. The molecule has 1 aliphatic rings. The fraction of sp³-hybridized carbons (Fsp3) is 0.455. The molecule has 0 amide bonds. The van der Waals surface area contributed by atoms with E-state index < -0.39 is 5.82 Å². The SMILES string of the molecule is OCc1cc(F)cc(OC2CCOC2)c1. The van der Waals surface area contributed by atoms with Crippen LogP contribution in [0.3, 0.4) is 0 Å². The van der Waals surface area contributed by atoms with Crippen molar-refractivity contribution >= 4 is 0 Å². The fourth-order valence-electron chi connectivity index (χ4n) is 1.58. The summed E-state index contributed by atoms with van der Waals surface area (Å²) >= 11 is 0. The molecule has 0 saturated carbocycles. The van der Waals surface area contributed by atoms with Gasteiger partial charge in [-0.15, -0.1) is 0 Å². The number of ether oxygens (including phenoxy) is 2. The molecule has 15 heavy (non-hydrogen) atoms. The number of halogens is 1. The molecular weight excluding hydrogens is 199 g/mol. The lowest BCUT2D eigenvalue weighted by atomic mass is 10.2. The summed E-state index contributed by atoms with van der Waals surface area (Å²) in [6.07, 6.45) is 0.823. The van der Waals surface area contributed by atoms with Crippen LogP contribution in [0.2, 0.25) is 0 Å². The molecule has 3 nitrogen and oxygen atoms in total. The average Bonchev–Trinajstić information content (AvgIpc) is 2.69. The number of hydrogen-bond donors (Lipinski definition) is 1. The van der Waals surface area contributed by atoms with E-state index in [1.807, 2.05) is 0 Å². The summed E-state index contributed by atoms with van der Waals surface area (Å²) in [5, 5.41) is 8.90. The number of rotatable bonds is 3. The van der Waals surface area contributed by atoms with Crippen LogP contribution in [-0.2, 0) is 11.3 Å². The van der Waals surface area contributed by atoms with Gasteiger partial charge in [-0.25, -0.2) is 4.39 Å². The Morgan fingerprint density at radius 2 is 2.33 bits per heavy atom. The van der Waals surface area contributed by atoms with Gasteiger partial charge < -0.3 is 14.6 Å². The molecular formula is C11H13FO3. The first kappa shape index (κ1) is 10.4. The summed E-state index contributed by atoms with van der Waals surface area (Å²) in [5.41, 5.74) is 0.518. The van der Waals surface area contributed by atoms with Crippen molar-refractivity contribution in [2.45, 2.75) is 19.1 Å². The van der Waals surface area contributed by atoms with Gasteiger partial charge in [0.05, 0.1) is 19.8 Å². The second-order valence-corrected chi connectivity index (χ2v) is 3.56. The quantitative estimate of drug-likeness (QED) is 0.824. The van der Waals surface area contributed by atoms with Crippen molar-refractivity contribution in [1.29, 1.82) is 0 Å². The van der Waals surface area contributed by atoms with Crippen LogP contribution in [0.25, 0.3) is 0 Å². The minimum atomic E-state index is -0.393. The van der Waals surface area contributed by atoms with Crippen molar-refractivity contribution in [1.82, 2.24) is 0 Å². The zero-order chi connectivity index (χ0) is 10.7. The van der Waals surface area contributed by atoms with Gasteiger partial charge in [0.25, 0.3) is 0 Å². The molecule has 0 spiro atoms. The van der Waals surface area contributed by atoms with E-state index in [4.69, 9.17) is 14.6 Å². The molecule has 0 aromatic heterocycles. The lowest BCUT2D eigenvalue weighted by Crippen LogP contribution is -2.15. The van der Waals surface area contributed by atoms with Gasteiger partial charge in [-0.2, -0.15) is 0 Å². The largest absolute Gasteiger partial charge is 0.488 e. The van der Waals surface area contributed by atoms with Gasteiger partial charge in [-0.1, -0.05) is 0 Å². The highest BCUT2D eigenvalue weighted by molar-refractivity contribution is 5.29. The highest BCUT2D eigenvalue weighted by Gasteiger charge is 2.17. The van der Waals surface area contributed by atoms with Crippen molar-refractivity contribution in [3.05, 3.63) is 29.6 Å². The van der Waals surface area contributed by atoms with Crippen LogP contribution in [0.4, 0.5) is 4.39 Å². The molecule has 1 aromatic carbocycles. The lowest BCUT2D eigenvalue weighted by molar-refractivity contribution is 0.141. The summed E-state index contributed by atoms with van der Waals surface area (Å²) in [4.78, 5) is 0. The molecule has 1 fully saturated rings. The third-order valence-corrected chi connectivity index (χ3v) is 2.30. The van der Waals surface area contributed by atoms with Gasteiger partial charge in [0.1, 0.15) is 17.7 Å². The predicted molar refractivity (Wildman–Crippen MR) is 52.2 cm³/mol. The summed E-state index contributed by atoms with van der Waals surface area (Å²) in [6.45, 7) is 1.05. The summed E-state index contributed by atoms with van der Waals surface area (Å²) in [6, 6.07) is 4.25. The maximum Gasteiger partial charge on any atom is 0.127 e. The van der Waals surface area contributed by atoms with Gasteiger partial charge in [0.2, 0.25) is 0 Å². The molecule has 1 aliphatic heterocycles. The normalized spacial score (nSPS) is 20.5. The molecule has 1 heterocycles. The highest BCUT2D eigenvalue weighted by atomic mass is 19.1. The molecule has 1 atom stereocenters. The van der Waals surface area contributed by atoms with Crippen molar-refractivity contribution < 1.29 is 19.0 Å². The Morgan fingerprint density at radius 1 is 1.47 bits per heavy atom. The van der Waals surface area contributed by atoms with Gasteiger partial charge in [-0.3, -0.25) is 0 Å². The Hall–Kier alpha value is -1.13. The Morgan fingerprint density at radius 3 is 3.00 bits per heavy atom. The molecule has 4 heteroatoms. The van der Waals surface area contributed by atoms with Crippen LogP contribution in [0.5, 0.6) is 5.75 Å². The molecule has 1 unspecified atom stereocenters. The van der Waals surface area contributed by atoms with E-state index in [1.54, 1.807) is 6.07 Å². The van der Waals surface area contributed by atoms with Gasteiger partial charge in [0, 0.05) is 12.5 Å². The van der Waals surface area contributed by atoms with Crippen LogP contribution < -0.4 is 4.74 Å². The van der Waals surface area contributed by atoms with Crippen molar-refractivity contribution in [2.75, 3.05) is 13.2 Å². The molecule has 2 rings (SSSR count). The third kappa shape index (κ3) is 2.67. The zero-order valence-corrected chi connectivity index (χ0v) is 8.28. The number of aliphatic hydroxyl groups is 1. The van der Waals surface area contributed by atoms with Crippen molar-refractivity contribution in [3.63, 3.8) is 0 Å². The van der Waals surface area contributed by atoms with E-state index >= 15 is 0 Å². The maximum atomic E-state index is 13.1. The van der Waals surface area contributed by atoms with Gasteiger partial charge >= 0.3 is 0 Å². The molecule has 82 valence electrons. The second-order valence-electron chi connectivity index (χ2n) is 3.56. The number of hydrogen-bond acceptors (Lipinski definition) is 3. The standard InChI is InChI=1S/C11H13FO3/c12-9-3-8(6-13)4-11(5-9)15-10-1-2-14-7-10/h3-5,10,13H,1-2,6-7H2. The summed E-state index contributed by atoms with van der Waals surface area (Å²) in [7, 11) is 0. The van der Waals surface area contributed by atoms with E-state index in [1.165, 1.54) is 12.1 Å². The Bertz CT molecular complexity index is 335. The first-order chi connectivity index (χ1) is 7.28. The Labute approximate surface area is 87.4 Å². The van der Waals surface area contributed by atoms with E-state index in [2.05, 4.69) is 0 Å². The third-order valence-electron chi connectivity index (χ3n) is 2.30. The van der Waals surface area contributed by atoms with Gasteiger partial charge in [-0.05, 0) is 17.7 Å². The minimum Gasteiger partial charge on any atom is -0.488 e. The van der Waals surface area contributed by atoms with Crippen LogP contribution >= 0.6 is 0 Å². The van der Waals surface area contributed by atoms with E-state index in [0.717, 1.165) is 6.42 Å². The maximum absolute atomic E-state index is 13.1. The van der Waals surface area contributed by atoms with Crippen LogP contribution in [-0.4, -0.2) is 24.4 Å². The Balaban J connectivity index is 2.09. The van der Waals surface area contributed by atoms with Gasteiger partial charge in [0.15, 0.2) is 0 Å². The monoisotopic (exact) mass is 212 g/mol. The zero-order valence-electron chi connectivity index (χ0n) is 8.28. The lowest BCUT2D eigenvalue weighted by Gasteiger charge is -2.12. The highest BCUT2D eigenvalue weighted by Crippen LogP contribution is 2.20. The summed E-state index contributed by atoms with van der Waals surface area (Å²) < 4.78 is 23.7. The van der Waals surface area contributed by atoms with E-state index in [9.17, 15) is 4.39 Å². The molecule has 1 saturated heterocycles. The topological polar surface area (TPSA) is 38.7 Å². The average molecular weight is 212 g/mol. The van der Waals surface area contributed by atoms with E-state index in [-0.39, 0.29) is 12.7 Å². The van der Waals surface area contributed by atoms with Crippen LogP contribution in [0, 0.1) is 5.82 Å². The molecule has 0 bridgehead atoms. The first-order valence-electron chi connectivity index (χ1n) is 4.92. The first-order valence-corrected chi connectivity index (χ1v) is 4.92. The Kier molecular flexibility index (Phi) is 3.18. The smallest absolute Gasteiger partial charge is 0.127 e.